The minimum absolute atomic E-state index is 0.214. The van der Waals surface area contributed by atoms with E-state index >= 15 is 0 Å². The van der Waals surface area contributed by atoms with Gasteiger partial charge in [0, 0.05) is 0 Å². The second kappa shape index (κ2) is 4.52. The Morgan fingerprint density at radius 2 is 2.19 bits per heavy atom. The zero-order valence-corrected chi connectivity index (χ0v) is 8.43. The Morgan fingerprint density at radius 3 is 2.69 bits per heavy atom. The van der Waals surface area contributed by atoms with Crippen LogP contribution >= 0.6 is 11.6 Å². The highest BCUT2D eigenvalue weighted by molar-refractivity contribution is 6.28. The minimum atomic E-state index is -4.42. The highest BCUT2D eigenvalue weighted by atomic mass is 35.5. The number of hydrogen-bond acceptors (Lipinski definition) is 4. The first kappa shape index (κ1) is 12.5. The number of rotatable bonds is 3. The number of aromatic nitrogens is 2. The Morgan fingerprint density at radius 1 is 1.56 bits per heavy atom. The van der Waals surface area contributed by atoms with Crippen LogP contribution in [0, 0.1) is 0 Å². The van der Waals surface area contributed by atoms with Crippen molar-refractivity contribution in [2.75, 3.05) is 11.9 Å². The summed E-state index contributed by atoms with van der Waals surface area (Å²) in [5.41, 5.74) is 4.32. The van der Waals surface area contributed by atoms with Crippen LogP contribution in [0.4, 0.5) is 18.9 Å². The molecule has 0 saturated heterocycles. The van der Waals surface area contributed by atoms with E-state index in [1.54, 1.807) is 0 Å². The molecule has 5 nitrogen and oxygen atoms in total. The summed E-state index contributed by atoms with van der Waals surface area (Å²) >= 11 is 5.37. The van der Waals surface area contributed by atoms with Crippen LogP contribution in [0.5, 0.6) is 0 Å². The van der Waals surface area contributed by atoms with Crippen LogP contribution in [0.1, 0.15) is 10.5 Å². The number of halogens is 4. The lowest BCUT2D eigenvalue weighted by molar-refractivity contribution is -0.115. The number of amides is 1. The average molecular weight is 255 g/mol. The van der Waals surface area contributed by atoms with E-state index in [4.69, 9.17) is 17.3 Å². The number of hydrogen-bond donors (Lipinski definition) is 2. The molecule has 0 fully saturated rings. The molecule has 88 valence electrons. The predicted molar refractivity (Wildman–Crippen MR) is 50.1 cm³/mol. The first-order chi connectivity index (χ1) is 7.29. The third kappa shape index (κ3) is 3.54. The molecule has 0 unspecified atom stereocenters. The summed E-state index contributed by atoms with van der Waals surface area (Å²) in [6.07, 6.45) is -3.46. The van der Waals surface area contributed by atoms with Crippen molar-refractivity contribution < 1.29 is 18.0 Å². The number of primary amides is 1. The molecule has 0 atom stereocenters. The molecule has 0 aliphatic heterocycles. The van der Waals surface area contributed by atoms with Gasteiger partial charge in [0.15, 0.2) is 5.69 Å². The normalized spacial score (nSPS) is 11.2. The Hall–Kier alpha value is -1.57. The first-order valence-electron chi connectivity index (χ1n) is 3.92. The van der Waals surface area contributed by atoms with Gasteiger partial charge >= 0.3 is 6.18 Å². The second-order valence-electron chi connectivity index (χ2n) is 2.73. The topological polar surface area (TPSA) is 80.9 Å². The number of carbonyl (C=O) groups excluding carboxylic acids is 1. The third-order valence-electron chi connectivity index (χ3n) is 1.47. The molecule has 0 aromatic carbocycles. The van der Waals surface area contributed by atoms with Gasteiger partial charge < -0.3 is 11.1 Å². The summed E-state index contributed by atoms with van der Waals surface area (Å²) in [5, 5.41) is 1.68. The molecular formula is C7H6ClF3N4O. The van der Waals surface area contributed by atoms with E-state index in [0.717, 1.165) is 6.20 Å². The summed E-state index contributed by atoms with van der Waals surface area (Å²) < 4.78 is 35.7. The summed E-state index contributed by atoms with van der Waals surface area (Å²) in [7, 11) is 0. The Kier molecular flexibility index (Phi) is 3.53. The molecule has 1 aromatic rings. The van der Waals surface area contributed by atoms with Crippen molar-refractivity contribution in [3.8, 4) is 0 Å². The van der Waals surface area contributed by atoms with E-state index in [2.05, 4.69) is 9.97 Å². The third-order valence-corrected chi connectivity index (χ3v) is 1.65. The fourth-order valence-electron chi connectivity index (χ4n) is 0.873. The summed E-state index contributed by atoms with van der Waals surface area (Å²) in [5.74, 6) is -0.992. The Balaban J connectivity index is 2.91. The minimum Gasteiger partial charge on any atom is -0.373 e. The van der Waals surface area contributed by atoms with Crippen molar-refractivity contribution >= 4 is 23.2 Å². The van der Waals surface area contributed by atoms with E-state index in [-0.39, 0.29) is 16.7 Å². The molecule has 0 radical (unpaired) electrons. The van der Waals surface area contributed by atoms with Gasteiger partial charge in [-0.2, -0.15) is 13.2 Å². The molecule has 16 heavy (non-hydrogen) atoms. The molecule has 3 N–H and O–H groups in total. The van der Waals surface area contributed by atoms with Gasteiger partial charge in [0.05, 0.1) is 11.9 Å². The lowest BCUT2D eigenvalue weighted by Crippen LogP contribution is -2.24. The van der Waals surface area contributed by atoms with Crippen molar-refractivity contribution in [3.05, 3.63) is 17.2 Å². The van der Waals surface area contributed by atoms with Gasteiger partial charge in [-0.05, 0) is 11.6 Å². The SMILES string of the molecule is NC(=O)c1nc(Cl)ncc1NCC(F)(F)F. The molecular weight excluding hydrogens is 249 g/mol. The zero-order valence-electron chi connectivity index (χ0n) is 7.68. The average Bonchev–Trinajstić information content (AvgIpc) is 2.14. The maximum absolute atomic E-state index is 11.9. The van der Waals surface area contributed by atoms with Crippen molar-refractivity contribution in [2.24, 2.45) is 5.73 Å². The van der Waals surface area contributed by atoms with Crippen LogP contribution in [-0.4, -0.2) is 28.6 Å². The lowest BCUT2D eigenvalue weighted by atomic mass is 10.3. The highest BCUT2D eigenvalue weighted by Gasteiger charge is 2.27. The smallest absolute Gasteiger partial charge is 0.373 e. The van der Waals surface area contributed by atoms with Crippen LogP contribution in [0.15, 0.2) is 6.20 Å². The van der Waals surface area contributed by atoms with E-state index < -0.39 is 18.6 Å². The van der Waals surface area contributed by atoms with Gasteiger partial charge in [0.25, 0.3) is 5.91 Å². The quantitative estimate of drug-likeness (QED) is 0.795. The summed E-state index contributed by atoms with van der Waals surface area (Å²) in [4.78, 5) is 17.7. The van der Waals surface area contributed by atoms with Crippen molar-refractivity contribution in [3.63, 3.8) is 0 Å². The van der Waals surface area contributed by atoms with Gasteiger partial charge in [-0.1, -0.05) is 0 Å². The Labute approximate surface area is 92.8 Å². The number of nitrogens with zero attached hydrogens (tertiary/aromatic N) is 2. The van der Waals surface area contributed by atoms with Gasteiger partial charge in [0.2, 0.25) is 5.28 Å². The molecule has 0 bridgehead atoms. The second-order valence-corrected chi connectivity index (χ2v) is 3.07. The Bertz CT molecular complexity index is 409. The van der Waals surface area contributed by atoms with Crippen LogP contribution in [0.25, 0.3) is 0 Å². The number of nitrogens with one attached hydrogen (secondary N) is 1. The van der Waals surface area contributed by atoms with Crippen LogP contribution < -0.4 is 11.1 Å². The molecule has 1 amide bonds. The first-order valence-corrected chi connectivity index (χ1v) is 4.30. The molecule has 9 heteroatoms. The van der Waals surface area contributed by atoms with Crippen molar-refractivity contribution in [1.29, 1.82) is 0 Å². The fourth-order valence-corrected chi connectivity index (χ4v) is 1.01. The number of nitrogens with two attached hydrogens (primary N) is 1. The van der Waals surface area contributed by atoms with E-state index in [1.807, 2.05) is 5.32 Å². The highest BCUT2D eigenvalue weighted by Crippen LogP contribution is 2.18. The number of carbonyl (C=O) groups is 1. The van der Waals surface area contributed by atoms with Gasteiger partial charge in [-0.3, -0.25) is 4.79 Å². The molecule has 0 aliphatic rings. The van der Waals surface area contributed by atoms with Crippen molar-refractivity contribution in [2.45, 2.75) is 6.18 Å². The zero-order chi connectivity index (χ0) is 12.3. The maximum Gasteiger partial charge on any atom is 0.405 e. The van der Waals surface area contributed by atoms with Crippen LogP contribution in [-0.2, 0) is 0 Å². The molecule has 1 heterocycles. The molecule has 0 saturated carbocycles. The number of alkyl halides is 3. The molecule has 1 aromatic heterocycles. The molecule has 1 rings (SSSR count). The number of anilines is 1. The monoisotopic (exact) mass is 254 g/mol. The van der Waals surface area contributed by atoms with Gasteiger partial charge in [0.1, 0.15) is 6.54 Å². The largest absolute Gasteiger partial charge is 0.405 e. The van der Waals surface area contributed by atoms with Crippen molar-refractivity contribution in [1.82, 2.24) is 9.97 Å². The molecule has 0 aliphatic carbocycles. The maximum atomic E-state index is 11.9. The fraction of sp³-hybridized carbons (Fsp3) is 0.286. The predicted octanol–water partition coefficient (Wildman–Crippen LogP) is 1.20. The molecule has 0 spiro atoms. The van der Waals surface area contributed by atoms with Crippen LogP contribution in [0.2, 0.25) is 5.28 Å². The van der Waals surface area contributed by atoms with Crippen LogP contribution in [0.3, 0.4) is 0 Å². The van der Waals surface area contributed by atoms with E-state index in [0.29, 0.717) is 0 Å². The van der Waals surface area contributed by atoms with Gasteiger partial charge in [-0.25, -0.2) is 9.97 Å². The summed E-state index contributed by atoms with van der Waals surface area (Å²) in [6, 6.07) is 0. The van der Waals surface area contributed by atoms with E-state index in [9.17, 15) is 18.0 Å². The van der Waals surface area contributed by atoms with Gasteiger partial charge in [-0.15, -0.1) is 0 Å². The lowest BCUT2D eigenvalue weighted by Gasteiger charge is -2.10. The van der Waals surface area contributed by atoms with E-state index in [1.165, 1.54) is 0 Å². The summed E-state index contributed by atoms with van der Waals surface area (Å²) in [6.45, 7) is -1.32. The standard InChI is InChI=1S/C7H6ClF3N4O/c8-6-13-1-3(4(15-6)5(12)16)14-2-7(9,10)11/h1,14H,2H2,(H2,12,16).